The van der Waals surface area contributed by atoms with E-state index < -0.39 is 29.7 Å². The molecule has 1 saturated heterocycles. The minimum Gasteiger partial charge on any atom is -0.274 e. The van der Waals surface area contributed by atoms with Crippen LogP contribution in [0.25, 0.3) is 0 Å². The second-order valence-corrected chi connectivity index (χ2v) is 5.65. The van der Waals surface area contributed by atoms with E-state index >= 15 is 0 Å². The van der Waals surface area contributed by atoms with Gasteiger partial charge in [0.15, 0.2) is 0 Å². The van der Waals surface area contributed by atoms with Crippen LogP contribution in [-0.4, -0.2) is 34.6 Å². The van der Waals surface area contributed by atoms with Crippen LogP contribution >= 0.6 is 0 Å². The summed E-state index contributed by atoms with van der Waals surface area (Å²) in [4.78, 5) is 52.0. The third kappa shape index (κ3) is 1.89. The number of fused-ring (bicyclic) bond motifs is 1. The van der Waals surface area contributed by atoms with Gasteiger partial charge >= 0.3 is 0 Å². The van der Waals surface area contributed by atoms with E-state index in [1.54, 1.807) is 54.6 Å². The maximum Gasteiger partial charge on any atom is 0.262 e. The molecule has 6 nitrogen and oxygen atoms in total. The molecule has 6 heteroatoms. The fraction of sp³-hybridized carbons (Fsp3) is 0.111. The van der Waals surface area contributed by atoms with Gasteiger partial charge in [0.25, 0.3) is 17.7 Å². The van der Waals surface area contributed by atoms with Crippen molar-refractivity contribution in [1.29, 1.82) is 0 Å². The predicted molar refractivity (Wildman–Crippen MR) is 84.3 cm³/mol. The molecule has 1 atom stereocenters. The zero-order valence-electron chi connectivity index (χ0n) is 12.5. The summed E-state index contributed by atoms with van der Waals surface area (Å²) in [6, 6.07) is 13.8. The van der Waals surface area contributed by atoms with Gasteiger partial charge in [-0.3, -0.25) is 24.1 Å². The lowest BCUT2D eigenvalue weighted by atomic mass is 10.1. The van der Waals surface area contributed by atoms with Crippen LogP contribution in [0.2, 0.25) is 0 Å². The minimum absolute atomic E-state index is 0.195. The van der Waals surface area contributed by atoms with Gasteiger partial charge in [0, 0.05) is 0 Å². The quantitative estimate of drug-likeness (QED) is 0.788. The molecule has 0 bridgehead atoms. The molecular formula is C18H12N2O4. The highest BCUT2D eigenvalue weighted by molar-refractivity contribution is 6.28. The van der Waals surface area contributed by atoms with Crippen molar-refractivity contribution in [2.75, 3.05) is 4.90 Å². The Morgan fingerprint density at radius 1 is 0.750 bits per heavy atom. The van der Waals surface area contributed by atoms with E-state index in [1.165, 1.54) is 0 Å². The van der Waals surface area contributed by atoms with E-state index in [-0.39, 0.29) is 17.5 Å². The molecule has 0 saturated carbocycles. The van der Waals surface area contributed by atoms with Gasteiger partial charge in [0.2, 0.25) is 5.91 Å². The first-order valence-electron chi connectivity index (χ1n) is 7.48. The Hall–Kier alpha value is -3.28. The summed E-state index contributed by atoms with van der Waals surface area (Å²) in [6.07, 6.45) is -0.195. The van der Waals surface area contributed by atoms with Gasteiger partial charge in [-0.15, -0.1) is 0 Å². The maximum absolute atomic E-state index is 12.7. The van der Waals surface area contributed by atoms with Gasteiger partial charge in [-0.2, -0.15) is 0 Å². The summed E-state index contributed by atoms with van der Waals surface area (Å²) in [7, 11) is 0. The lowest BCUT2D eigenvalue weighted by molar-refractivity contribution is -0.122. The summed E-state index contributed by atoms with van der Waals surface area (Å²) in [5.41, 5.74) is 0.966. The summed E-state index contributed by atoms with van der Waals surface area (Å²) in [5.74, 6) is -2.04. The molecule has 0 aliphatic carbocycles. The molecule has 1 unspecified atom stereocenters. The van der Waals surface area contributed by atoms with Crippen molar-refractivity contribution >= 4 is 29.3 Å². The monoisotopic (exact) mass is 320 g/mol. The predicted octanol–water partition coefficient (Wildman–Crippen LogP) is 1.61. The Labute approximate surface area is 137 Å². The minimum atomic E-state index is -1.09. The van der Waals surface area contributed by atoms with E-state index in [1.807, 2.05) is 0 Å². The first-order valence-corrected chi connectivity index (χ1v) is 7.48. The van der Waals surface area contributed by atoms with Crippen molar-refractivity contribution in [1.82, 2.24) is 4.90 Å². The summed E-state index contributed by atoms with van der Waals surface area (Å²) in [5, 5.41) is 0. The molecule has 1 fully saturated rings. The van der Waals surface area contributed by atoms with Crippen LogP contribution in [0.1, 0.15) is 27.1 Å². The van der Waals surface area contributed by atoms with E-state index in [0.717, 1.165) is 9.80 Å². The third-order valence-corrected chi connectivity index (χ3v) is 4.27. The molecule has 0 aromatic heterocycles. The number of hydrogen-bond donors (Lipinski definition) is 0. The molecule has 2 aliphatic heterocycles. The third-order valence-electron chi connectivity index (χ3n) is 4.27. The van der Waals surface area contributed by atoms with Gasteiger partial charge in [0.1, 0.15) is 6.04 Å². The van der Waals surface area contributed by atoms with Crippen LogP contribution in [-0.2, 0) is 9.59 Å². The highest BCUT2D eigenvalue weighted by atomic mass is 16.2. The number of carbonyl (C=O) groups excluding carboxylic acids is 4. The van der Waals surface area contributed by atoms with Gasteiger partial charge < -0.3 is 0 Å². The average molecular weight is 320 g/mol. The Balaban J connectivity index is 1.70. The number of anilines is 1. The van der Waals surface area contributed by atoms with Crippen molar-refractivity contribution in [3.05, 3.63) is 65.7 Å². The molecule has 2 heterocycles. The van der Waals surface area contributed by atoms with Crippen LogP contribution in [0, 0.1) is 0 Å². The first-order chi connectivity index (χ1) is 11.6. The fourth-order valence-electron chi connectivity index (χ4n) is 3.16. The zero-order valence-corrected chi connectivity index (χ0v) is 12.5. The number of imide groups is 2. The summed E-state index contributed by atoms with van der Waals surface area (Å²) >= 11 is 0. The number of nitrogens with zero attached hydrogens (tertiary/aromatic N) is 2. The van der Waals surface area contributed by atoms with Crippen molar-refractivity contribution in [2.45, 2.75) is 12.5 Å². The van der Waals surface area contributed by atoms with Crippen LogP contribution in [0.3, 0.4) is 0 Å². The SMILES string of the molecule is O=C1CC(N2C(=O)c3ccccc3C2=O)C(=O)N1c1ccccc1. The second kappa shape index (κ2) is 5.13. The molecule has 2 aliphatic rings. The topological polar surface area (TPSA) is 74.8 Å². The van der Waals surface area contributed by atoms with E-state index in [4.69, 9.17) is 0 Å². The molecule has 0 N–H and O–H groups in total. The van der Waals surface area contributed by atoms with Crippen molar-refractivity contribution in [3.8, 4) is 0 Å². The van der Waals surface area contributed by atoms with Gasteiger partial charge in [-0.25, -0.2) is 4.90 Å². The van der Waals surface area contributed by atoms with Crippen LogP contribution in [0.5, 0.6) is 0 Å². The molecule has 0 radical (unpaired) electrons. The number of hydrogen-bond acceptors (Lipinski definition) is 4. The lowest BCUT2D eigenvalue weighted by Gasteiger charge is -2.20. The fourth-order valence-corrected chi connectivity index (χ4v) is 3.16. The Kier molecular flexibility index (Phi) is 3.06. The number of para-hydroxylation sites is 1. The molecule has 4 rings (SSSR count). The van der Waals surface area contributed by atoms with Gasteiger partial charge in [-0.1, -0.05) is 30.3 Å². The standard InChI is InChI=1S/C18H12N2O4/c21-15-10-14(18(24)19(15)11-6-2-1-3-7-11)20-16(22)12-8-4-5-9-13(12)17(20)23/h1-9,14H,10H2. The van der Waals surface area contributed by atoms with Crippen LogP contribution in [0.15, 0.2) is 54.6 Å². The zero-order chi connectivity index (χ0) is 16.8. The highest BCUT2D eigenvalue weighted by Gasteiger charge is 2.50. The summed E-state index contributed by atoms with van der Waals surface area (Å²) < 4.78 is 0. The summed E-state index contributed by atoms with van der Waals surface area (Å²) in [6.45, 7) is 0. The Morgan fingerprint density at radius 3 is 1.88 bits per heavy atom. The number of amides is 4. The molecule has 118 valence electrons. The number of benzene rings is 2. The van der Waals surface area contributed by atoms with E-state index in [0.29, 0.717) is 5.69 Å². The molecule has 24 heavy (non-hydrogen) atoms. The largest absolute Gasteiger partial charge is 0.274 e. The number of carbonyl (C=O) groups is 4. The van der Waals surface area contributed by atoms with Crippen LogP contribution < -0.4 is 4.90 Å². The van der Waals surface area contributed by atoms with E-state index in [2.05, 4.69) is 0 Å². The maximum atomic E-state index is 12.7. The van der Waals surface area contributed by atoms with Crippen LogP contribution in [0.4, 0.5) is 5.69 Å². The van der Waals surface area contributed by atoms with E-state index in [9.17, 15) is 19.2 Å². The van der Waals surface area contributed by atoms with Crippen molar-refractivity contribution in [3.63, 3.8) is 0 Å². The molecule has 4 amide bonds. The molecule has 0 spiro atoms. The molecule has 2 aromatic carbocycles. The smallest absolute Gasteiger partial charge is 0.262 e. The normalized spacial score (nSPS) is 20.1. The van der Waals surface area contributed by atoms with Crippen molar-refractivity contribution < 1.29 is 19.2 Å². The first kappa shape index (κ1) is 14.3. The highest BCUT2D eigenvalue weighted by Crippen LogP contribution is 2.31. The molecular weight excluding hydrogens is 308 g/mol. The average Bonchev–Trinajstić information content (AvgIpc) is 3.03. The van der Waals surface area contributed by atoms with Crippen molar-refractivity contribution in [2.24, 2.45) is 0 Å². The Bertz CT molecular complexity index is 856. The lowest BCUT2D eigenvalue weighted by Crippen LogP contribution is -2.45. The number of rotatable bonds is 2. The van der Waals surface area contributed by atoms with Gasteiger partial charge in [-0.05, 0) is 24.3 Å². The molecule has 2 aromatic rings. The van der Waals surface area contributed by atoms with Gasteiger partial charge in [0.05, 0.1) is 23.2 Å². The Morgan fingerprint density at radius 2 is 1.29 bits per heavy atom. The second-order valence-electron chi connectivity index (χ2n) is 5.65.